The minimum absolute atomic E-state index is 0.479. The summed E-state index contributed by atoms with van der Waals surface area (Å²) in [5.74, 6) is 1.33. The lowest BCUT2D eigenvalue weighted by atomic mass is 10.0. The first-order valence-electron chi connectivity index (χ1n) is 7.20. The van der Waals surface area contributed by atoms with E-state index in [0.717, 1.165) is 33.5 Å². The lowest BCUT2D eigenvalue weighted by Crippen LogP contribution is -2.13. The lowest BCUT2D eigenvalue weighted by molar-refractivity contribution is 0.173. The lowest BCUT2D eigenvalue weighted by Gasteiger charge is -2.15. The van der Waals surface area contributed by atoms with Gasteiger partial charge in [0.1, 0.15) is 12.2 Å². The van der Waals surface area contributed by atoms with Crippen LogP contribution in [0.4, 0.5) is 0 Å². The molecule has 1 atom stereocenters. The third kappa shape index (κ3) is 3.92. The molecule has 0 radical (unpaired) electrons. The smallest absolute Gasteiger partial charge is 0.138 e. The minimum atomic E-state index is -0.564. The van der Waals surface area contributed by atoms with Crippen molar-refractivity contribution in [3.63, 3.8) is 0 Å². The number of benzene rings is 1. The molecule has 4 nitrogen and oxygen atoms in total. The summed E-state index contributed by atoms with van der Waals surface area (Å²) in [6.45, 7) is 9.18. The van der Waals surface area contributed by atoms with Crippen molar-refractivity contribution in [3.05, 3.63) is 45.4 Å². The van der Waals surface area contributed by atoms with Crippen molar-refractivity contribution in [2.45, 2.75) is 46.8 Å². The van der Waals surface area contributed by atoms with Crippen LogP contribution in [0, 0.1) is 19.8 Å². The molecular formula is C16H22BrN3O. The van der Waals surface area contributed by atoms with Gasteiger partial charge >= 0.3 is 0 Å². The van der Waals surface area contributed by atoms with E-state index in [1.165, 1.54) is 0 Å². The number of aryl methyl sites for hydroxylation is 2. The van der Waals surface area contributed by atoms with Crippen LogP contribution in [0.1, 0.15) is 42.5 Å². The SMILES string of the molecule is Cc1cc(C(O)Cc2ncnn2CC(C)C)cc(C)c1Br. The Kier molecular flexibility index (Phi) is 5.17. The number of hydrogen-bond acceptors (Lipinski definition) is 3. The summed E-state index contributed by atoms with van der Waals surface area (Å²) in [5.41, 5.74) is 3.19. The molecule has 114 valence electrons. The van der Waals surface area contributed by atoms with Crippen molar-refractivity contribution >= 4 is 15.9 Å². The van der Waals surface area contributed by atoms with Gasteiger partial charge in [0, 0.05) is 17.4 Å². The summed E-state index contributed by atoms with van der Waals surface area (Å²) in [5, 5.41) is 14.7. The van der Waals surface area contributed by atoms with Gasteiger partial charge in [-0.15, -0.1) is 0 Å². The second-order valence-corrected chi connectivity index (χ2v) is 6.73. The molecule has 1 aromatic heterocycles. The van der Waals surface area contributed by atoms with Crippen LogP contribution in [-0.4, -0.2) is 19.9 Å². The van der Waals surface area contributed by atoms with E-state index in [1.54, 1.807) is 6.33 Å². The third-order valence-electron chi connectivity index (χ3n) is 3.45. The van der Waals surface area contributed by atoms with E-state index in [2.05, 4.69) is 39.9 Å². The minimum Gasteiger partial charge on any atom is -0.388 e. The molecule has 0 saturated carbocycles. The number of aromatic nitrogens is 3. The van der Waals surface area contributed by atoms with Crippen LogP contribution in [0.3, 0.4) is 0 Å². The maximum Gasteiger partial charge on any atom is 0.138 e. The fourth-order valence-electron chi connectivity index (χ4n) is 2.41. The fourth-order valence-corrected chi connectivity index (χ4v) is 2.64. The number of halogens is 1. The first-order valence-corrected chi connectivity index (χ1v) is 7.99. The van der Waals surface area contributed by atoms with Gasteiger partial charge < -0.3 is 5.11 Å². The molecule has 0 aliphatic heterocycles. The van der Waals surface area contributed by atoms with Gasteiger partial charge in [-0.2, -0.15) is 5.10 Å². The second-order valence-electron chi connectivity index (χ2n) is 5.94. The zero-order chi connectivity index (χ0) is 15.6. The van der Waals surface area contributed by atoms with E-state index in [4.69, 9.17) is 0 Å². The Hall–Kier alpha value is -1.20. The quantitative estimate of drug-likeness (QED) is 0.895. The van der Waals surface area contributed by atoms with Gasteiger partial charge in [-0.25, -0.2) is 9.67 Å². The number of aliphatic hydroxyl groups excluding tert-OH is 1. The zero-order valence-electron chi connectivity index (χ0n) is 13.0. The molecule has 2 rings (SSSR count). The number of nitrogens with zero attached hydrogens (tertiary/aromatic N) is 3. The number of aliphatic hydroxyl groups is 1. The highest BCUT2D eigenvalue weighted by Crippen LogP contribution is 2.27. The van der Waals surface area contributed by atoms with Crippen LogP contribution < -0.4 is 0 Å². The van der Waals surface area contributed by atoms with Crippen LogP contribution in [0.25, 0.3) is 0 Å². The maximum absolute atomic E-state index is 10.5. The van der Waals surface area contributed by atoms with Gasteiger partial charge in [0.15, 0.2) is 0 Å². The largest absolute Gasteiger partial charge is 0.388 e. The van der Waals surface area contributed by atoms with Crippen LogP contribution in [0.15, 0.2) is 22.9 Å². The molecular weight excluding hydrogens is 330 g/mol. The molecule has 0 amide bonds. The molecule has 0 bridgehead atoms. The number of rotatable bonds is 5. The summed E-state index contributed by atoms with van der Waals surface area (Å²) in [7, 11) is 0. The molecule has 0 saturated heterocycles. The van der Waals surface area contributed by atoms with E-state index in [0.29, 0.717) is 12.3 Å². The fraction of sp³-hybridized carbons (Fsp3) is 0.500. The van der Waals surface area contributed by atoms with Crippen LogP contribution >= 0.6 is 15.9 Å². The highest BCUT2D eigenvalue weighted by Gasteiger charge is 2.15. The molecule has 21 heavy (non-hydrogen) atoms. The van der Waals surface area contributed by atoms with E-state index in [9.17, 15) is 5.11 Å². The summed E-state index contributed by atoms with van der Waals surface area (Å²) in [4.78, 5) is 4.28. The van der Waals surface area contributed by atoms with Gasteiger partial charge in [-0.1, -0.05) is 41.9 Å². The average Bonchev–Trinajstić information content (AvgIpc) is 2.81. The van der Waals surface area contributed by atoms with Crippen molar-refractivity contribution in [1.29, 1.82) is 0 Å². The molecule has 1 heterocycles. The predicted octanol–water partition coefficient (Wildman–Crippen LogP) is 3.59. The average molecular weight is 352 g/mol. The van der Waals surface area contributed by atoms with Crippen molar-refractivity contribution in [2.24, 2.45) is 5.92 Å². The Balaban J connectivity index is 2.18. The van der Waals surface area contributed by atoms with Gasteiger partial charge in [0.25, 0.3) is 0 Å². The predicted molar refractivity (Wildman–Crippen MR) is 87.1 cm³/mol. The van der Waals surface area contributed by atoms with Gasteiger partial charge in [0.2, 0.25) is 0 Å². The summed E-state index contributed by atoms with van der Waals surface area (Å²) in [6, 6.07) is 4.04. The molecule has 1 N–H and O–H groups in total. The van der Waals surface area contributed by atoms with Crippen molar-refractivity contribution < 1.29 is 5.11 Å². The van der Waals surface area contributed by atoms with E-state index < -0.39 is 6.10 Å². The van der Waals surface area contributed by atoms with Gasteiger partial charge in [-0.05, 0) is 36.5 Å². The van der Waals surface area contributed by atoms with Crippen LogP contribution in [0.2, 0.25) is 0 Å². The Bertz CT molecular complexity index is 599. The Morgan fingerprint density at radius 2 is 1.86 bits per heavy atom. The molecule has 0 aliphatic carbocycles. The first-order chi connectivity index (χ1) is 9.88. The molecule has 0 spiro atoms. The number of hydrogen-bond donors (Lipinski definition) is 1. The van der Waals surface area contributed by atoms with Crippen molar-refractivity contribution in [3.8, 4) is 0 Å². The topological polar surface area (TPSA) is 50.9 Å². The van der Waals surface area contributed by atoms with E-state index in [1.807, 2.05) is 30.7 Å². The summed E-state index contributed by atoms with van der Waals surface area (Å²) in [6.07, 6.45) is 1.47. The normalized spacial score (nSPS) is 12.9. The van der Waals surface area contributed by atoms with Crippen molar-refractivity contribution in [1.82, 2.24) is 14.8 Å². The third-order valence-corrected chi connectivity index (χ3v) is 4.70. The molecule has 1 aromatic carbocycles. The van der Waals surface area contributed by atoms with Crippen molar-refractivity contribution in [2.75, 3.05) is 0 Å². The molecule has 0 fully saturated rings. The maximum atomic E-state index is 10.5. The summed E-state index contributed by atoms with van der Waals surface area (Å²) < 4.78 is 2.98. The highest BCUT2D eigenvalue weighted by atomic mass is 79.9. The molecule has 0 aliphatic rings. The van der Waals surface area contributed by atoms with Crippen LogP contribution in [0.5, 0.6) is 0 Å². The summed E-state index contributed by atoms with van der Waals surface area (Å²) >= 11 is 3.55. The van der Waals surface area contributed by atoms with Crippen LogP contribution in [-0.2, 0) is 13.0 Å². The Labute approximate surface area is 134 Å². The molecule has 1 unspecified atom stereocenters. The van der Waals surface area contributed by atoms with Gasteiger partial charge in [0.05, 0.1) is 6.10 Å². The second kappa shape index (κ2) is 6.71. The van der Waals surface area contributed by atoms with Gasteiger partial charge in [-0.3, -0.25) is 0 Å². The Morgan fingerprint density at radius 3 is 2.43 bits per heavy atom. The molecule has 5 heteroatoms. The monoisotopic (exact) mass is 351 g/mol. The zero-order valence-corrected chi connectivity index (χ0v) is 14.6. The van der Waals surface area contributed by atoms with E-state index >= 15 is 0 Å². The molecule has 2 aromatic rings. The Morgan fingerprint density at radius 1 is 1.24 bits per heavy atom. The van der Waals surface area contributed by atoms with E-state index in [-0.39, 0.29) is 0 Å². The standard InChI is InChI=1S/C16H22BrN3O/c1-10(2)8-20-15(18-9-19-20)7-14(21)13-5-11(3)16(17)12(4)6-13/h5-6,9-10,14,21H,7-8H2,1-4H3. The first kappa shape index (κ1) is 16.2. The highest BCUT2D eigenvalue weighted by molar-refractivity contribution is 9.10.